The van der Waals surface area contributed by atoms with E-state index in [4.69, 9.17) is 0 Å². The van der Waals surface area contributed by atoms with Crippen LogP contribution in [0.4, 0.5) is 24.9 Å². The van der Waals surface area contributed by atoms with Gasteiger partial charge in [0.15, 0.2) is 17.5 Å². The van der Waals surface area contributed by atoms with Crippen molar-refractivity contribution in [2.24, 2.45) is 5.92 Å². The largest absolute Gasteiger partial charge is 0.362 e. The lowest BCUT2D eigenvalue weighted by molar-refractivity contribution is -0.126. The van der Waals surface area contributed by atoms with Gasteiger partial charge in [0.2, 0.25) is 11.9 Å². The number of carbonyl (C=O) groups excluding carboxylic acids is 1. The van der Waals surface area contributed by atoms with Gasteiger partial charge in [0.1, 0.15) is 5.82 Å². The van der Waals surface area contributed by atoms with Gasteiger partial charge in [0.05, 0.1) is 5.52 Å². The van der Waals surface area contributed by atoms with Gasteiger partial charge in [-0.2, -0.15) is 4.98 Å². The number of nitrogens with one attached hydrogen (secondary N) is 2. The summed E-state index contributed by atoms with van der Waals surface area (Å²) >= 11 is 0. The van der Waals surface area contributed by atoms with E-state index < -0.39 is 17.5 Å². The monoisotopic (exact) mass is 457 g/mol. The van der Waals surface area contributed by atoms with Gasteiger partial charge in [-0.25, -0.2) is 18.2 Å². The summed E-state index contributed by atoms with van der Waals surface area (Å²) in [5, 5.41) is 7.09. The fraction of sp³-hybridized carbons (Fsp3) is 0.375. The summed E-state index contributed by atoms with van der Waals surface area (Å²) in [4.78, 5) is 23.8. The Balaban J connectivity index is 1.33. The average Bonchev–Trinajstić information content (AvgIpc) is 2.80. The molecule has 33 heavy (non-hydrogen) atoms. The molecule has 0 spiro atoms. The number of nitrogens with zero attached hydrogens (tertiary/aromatic N) is 3. The van der Waals surface area contributed by atoms with Crippen LogP contribution in [0.15, 0.2) is 36.4 Å². The van der Waals surface area contributed by atoms with Crippen LogP contribution >= 0.6 is 0 Å². The third-order valence-electron chi connectivity index (χ3n) is 5.95. The second-order valence-electron chi connectivity index (χ2n) is 8.57. The predicted molar refractivity (Wildman–Crippen MR) is 121 cm³/mol. The van der Waals surface area contributed by atoms with Crippen molar-refractivity contribution in [2.45, 2.75) is 38.3 Å². The van der Waals surface area contributed by atoms with Gasteiger partial charge in [-0.15, -0.1) is 0 Å². The number of para-hydroxylation sites is 1. The van der Waals surface area contributed by atoms with Crippen molar-refractivity contribution in [3.63, 3.8) is 0 Å². The van der Waals surface area contributed by atoms with Crippen molar-refractivity contribution < 1.29 is 18.0 Å². The minimum absolute atomic E-state index is 0.0522. The first-order valence-electron chi connectivity index (χ1n) is 10.9. The Bertz CT molecular complexity index is 1140. The SMILES string of the molecule is CN(C)c1nc(NC2CCC(C(=O)NCc3cc(F)c(F)c(F)c3)CC2)nc2ccccc12. The van der Waals surface area contributed by atoms with Crippen molar-refractivity contribution in [3.05, 3.63) is 59.4 Å². The minimum Gasteiger partial charge on any atom is -0.362 e. The van der Waals surface area contributed by atoms with E-state index in [2.05, 4.69) is 20.6 Å². The molecule has 1 aliphatic carbocycles. The maximum Gasteiger partial charge on any atom is 0.225 e. The van der Waals surface area contributed by atoms with Crippen LogP contribution < -0.4 is 15.5 Å². The molecule has 0 bridgehead atoms. The Morgan fingerprint density at radius 2 is 1.70 bits per heavy atom. The highest BCUT2D eigenvalue weighted by Crippen LogP contribution is 2.28. The maximum atomic E-state index is 13.3. The first-order chi connectivity index (χ1) is 15.8. The molecular formula is C24H26F3N5O. The second-order valence-corrected chi connectivity index (χ2v) is 8.57. The van der Waals surface area contributed by atoms with Crippen molar-refractivity contribution in [3.8, 4) is 0 Å². The number of anilines is 2. The third kappa shape index (κ3) is 5.18. The van der Waals surface area contributed by atoms with E-state index in [0.717, 1.165) is 41.7 Å². The quantitative estimate of drug-likeness (QED) is 0.537. The number of rotatable bonds is 6. The van der Waals surface area contributed by atoms with Crippen molar-refractivity contribution in [1.29, 1.82) is 0 Å². The highest BCUT2D eigenvalue weighted by molar-refractivity contribution is 5.90. The molecular weight excluding hydrogens is 431 g/mol. The Labute approximate surface area is 190 Å². The highest BCUT2D eigenvalue weighted by Gasteiger charge is 2.27. The van der Waals surface area contributed by atoms with Gasteiger partial charge >= 0.3 is 0 Å². The molecule has 1 amide bonds. The van der Waals surface area contributed by atoms with E-state index in [1.807, 2.05) is 43.3 Å². The molecule has 1 fully saturated rings. The molecule has 4 rings (SSSR count). The zero-order valence-electron chi connectivity index (χ0n) is 18.5. The van der Waals surface area contributed by atoms with E-state index in [9.17, 15) is 18.0 Å². The molecule has 1 aliphatic rings. The van der Waals surface area contributed by atoms with Crippen LogP contribution in [-0.4, -0.2) is 36.0 Å². The summed E-state index contributed by atoms with van der Waals surface area (Å²) in [5.41, 5.74) is 1.04. The van der Waals surface area contributed by atoms with Crippen molar-refractivity contribution in [1.82, 2.24) is 15.3 Å². The van der Waals surface area contributed by atoms with Crippen LogP contribution in [0, 0.1) is 23.4 Å². The van der Waals surface area contributed by atoms with Crippen LogP contribution in [0.5, 0.6) is 0 Å². The lowest BCUT2D eigenvalue weighted by Gasteiger charge is -2.28. The Kier molecular flexibility index (Phi) is 6.67. The maximum absolute atomic E-state index is 13.3. The van der Waals surface area contributed by atoms with Crippen LogP contribution in [0.2, 0.25) is 0 Å². The second kappa shape index (κ2) is 9.64. The molecule has 0 saturated heterocycles. The lowest BCUT2D eigenvalue weighted by atomic mass is 9.85. The highest BCUT2D eigenvalue weighted by atomic mass is 19.2. The number of carbonyl (C=O) groups is 1. The molecule has 0 aliphatic heterocycles. The molecule has 0 radical (unpaired) electrons. The summed E-state index contributed by atoms with van der Waals surface area (Å²) in [6, 6.07) is 9.78. The van der Waals surface area contributed by atoms with Gasteiger partial charge < -0.3 is 15.5 Å². The van der Waals surface area contributed by atoms with Gasteiger partial charge in [0, 0.05) is 38.0 Å². The molecule has 9 heteroatoms. The van der Waals surface area contributed by atoms with E-state index in [-0.39, 0.29) is 30.0 Å². The summed E-state index contributed by atoms with van der Waals surface area (Å²) in [6.45, 7) is -0.0522. The lowest BCUT2D eigenvalue weighted by Crippen LogP contribution is -2.36. The number of benzene rings is 2. The molecule has 3 aromatic rings. The molecule has 2 N–H and O–H groups in total. The Morgan fingerprint density at radius 1 is 1.03 bits per heavy atom. The number of aromatic nitrogens is 2. The summed E-state index contributed by atoms with van der Waals surface area (Å²) in [5.74, 6) is -3.00. The molecule has 174 valence electrons. The van der Waals surface area contributed by atoms with Gasteiger partial charge in [-0.3, -0.25) is 4.79 Å². The first kappa shape index (κ1) is 22.8. The van der Waals surface area contributed by atoms with Crippen LogP contribution in [0.25, 0.3) is 10.9 Å². The molecule has 1 aromatic heterocycles. The smallest absolute Gasteiger partial charge is 0.225 e. The average molecular weight is 458 g/mol. The fourth-order valence-corrected chi connectivity index (χ4v) is 4.19. The van der Waals surface area contributed by atoms with Crippen LogP contribution in [-0.2, 0) is 11.3 Å². The summed E-state index contributed by atoms with van der Waals surface area (Å²) < 4.78 is 39.8. The van der Waals surface area contributed by atoms with E-state index in [0.29, 0.717) is 18.8 Å². The number of hydrogen-bond donors (Lipinski definition) is 2. The Morgan fingerprint density at radius 3 is 2.36 bits per heavy atom. The molecule has 0 unspecified atom stereocenters. The zero-order chi connectivity index (χ0) is 23.5. The van der Waals surface area contributed by atoms with Gasteiger partial charge in [-0.05, 0) is 55.5 Å². The topological polar surface area (TPSA) is 70.2 Å². The summed E-state index contributed by atoms with van der Waals surface area (Å²) in [6.07, 6.45) is 2.88. The van der Waals surface area contributed by atoms with Crippen LogP contribution in [0.1, 0.15) is 31.2 Å². The van der Waals surface area contributed by atoms with Crippen LogP contribution in [0.3, 0.4) is 0 Å². The fourth-order valence-electron chi connectivity index (χ4n) is 4.19. The van der Waals surface area contributed by atoms with Gasteiger partial charge in [-0.1, -0.05) is 12.1 Å². The van der Waals surface area contributed by atoms with Crippen molar-refractivity contribution >= 4 is 28.6 Å². The van der Waals surface area contributed by atoms with E-state index in [1.165, 1.54) is 0 Å². The number of halogens is 3. The zero-order valence-corrected chi connectivity index (χ0v) is 18.5. The molecule has 0 atom stereocenters. The molecule has 1 saturated carbocycles. The third-order valence-corrected chi connectivity index (χ3v) is 5.95. The van der Waals surface area contributed by atoms with E-state index >= 15 is 0 Å². The Hall–Kier alpha value is -3.36. The normalized spacial score (nSPS) is 18.2. The molecule has 2 aromatic carbocycles. The number of hydrogen-bond acceptors (Lipinski definition) is 5. The van der Waals surface area contributed by atoms with Gasteiger partial charge in [0.25, 0.3) is 0 Å². The van der Waals surface area contributed by atoms with E-state index in [1.54, 1.807) is 0 Å². The predicted octanol–water partition coefficient (Wildman–Crippen LogP) is 4.40. The van der Waals surface area contributed by atoms with Crippen molar-refractivity contribution in [2.75, 3.05) is 24.3 Å². The summed E-state index contributed by atoms with van der Waals surface area (Å²) in [7, 11) is 3.88. The molecule has 6 nitrogen and oxygen atoms in total. The number of amides is 1. The molecule has 1 heterocycles. The standard InChI is InChI=1S/C24H26F3N5O/c1-32(2)22-17-5-3-4-6-20(17)30-24(31-22)29-16-9-7-15(8-10-16)23(33)28-13-14-11-18(25)21(27)19(26)12-14/h3-6,11-12,15-16H,7-10,13H2,1-2H3,(H,28,33)(H,29,30,31). The number of fused-ring (bicyclic) bond motifs is 1. The minimum atomic E-state index is -1.51. The first-order valence-corrected chi connectivity index (χ1v) is 10.9.